The molecule has 3 rings (SSSR count). The zero-order chi connectivity index (χ0) is 24.0. The van der Waals surface area contributed by atoms with Crippen LogP contribution in [0.1, 0.15) is 32.4 Å². The summed E-state index contributed by atoms with van der Waals surface area (Å²) in [7, 11) is -3.49. The van der Waals surface area contributed by atoms with E-state index < -0.39 is 28.3 Å². The van der Waals surface area contributed by atoms with Crippen molar-refractivity contribution in [2.75, 3.05) is 52.4 Å². The first-order chi connectivity index (χ1) is 15.8. The minimum Gasteiger partial charge on any atom is -0.463 e. The predicted octanol–water partition coefficient (Wildman–Crippen LogP) is 1.06. The normalized spacial score (nSPS) is 20.5. The molecule has 2 amide bonds. The van der Waals surface area contributed by atoms with Crippen LogP contribution in [0.4, 0.5) is 4.79 Å². The summed E-state index contributed by atoms with van der Waals surface area (Å²) in [6, 6.07) is 8.25. The Bertz CT molecular complexity index is 970. The molecule has 0 radical (unpaired) electrons. The van der Waals surface area contributed by atoms with Crippen LogP contribution < -0.4 is 10.6 Å². The van der Waals surface area contributed by atoms with Gasteiger partial charge in [0.25, 0.3) is 10.2 Å². The molecular weight excluding hydrogens is 446 g/mol. The van der Waals surface area contributed by atoms with Gasteiger partial charge < -0.3 is 15.4 Å². The average molecular weight is 480 g/mol. The summed E-state index contributed by atoms with van der Waals surface area (Å²) in [6.45, 7) is 8.41. The Balaban J connectivity index is 1.81. The van der Waals surface area contributed by atoms with Gasteiger partial charge in [-0.15, -0.1) is 0 Å². The Morgan fingerprint density at radius 2 is 1.73 bits per heavy atom. The second-order valence-corrected chi connectivity index (χ2v) is 9.75. The highest BCUT2D eigenvalue weighted by molar-refractivity contribution is 7.86. The number of hydrogen-bond donors (Lipinski definition) is 2. The molecule has 1 saturated heterocycles. The van der Waals surface area contributed by atoms with E-state index in [2.05, 4.69) is 10.6 Å². The lowest BCUT2D eigenvalue weighted by Crippen LogP contribution is -2.54. The maximum Gasteiger partial charge on any atom is 0.338 e. The third-order valence-electron chi connectivity index (χ3n) is 5.85. The Morgan fingerprint density at radius 3 is 2.30 bits per heavy atom. The molecule has 1 atom stereocenters. The van der Waals surface area contributed by atoms with Crippen molar-refractivity contribution in [3.8, 4) is 0 Å². The van der Waals surface area contributed by atoms with Crippen molar-refractivity contribution in [1.82, 2.24) is 24.1 Å². The fraction of sp³-hybridized carbons (Fsp3) is 0.545. The first kappa shape index (κ1) is 25.2. The number of urea groups is 1. The highest BCUT2D eigenvalue weighted by Crippen LogP contribution is 2.28. The zero-order valence-corrected chi connectivity index (χ0v) is 20.2. The molecule has 0 saturated carbocycles. The van der Waals surface area contributed by atoms with Crippen molar-refractivity contribution < 1.29 is 22.7 Å². The summed E-state index contributed by atoms with van der Waals surface area (Å²) in [6.07, 6.45) is 0. The molecule has 0 spiro atoms. The summed E-state index contributed by atoms with van der Waals surface area (Å²) in [5, 5.41) is 5.60. The van der Waals surface area contributed by atoms with E-state index in [4.69, 9.17) is 4.74 Å². The van der Waals surface area contributed by atoms with E-state index in [-0.39, 0.29) is 6.61 Å². The predicted molar refractivity (Wildman–Crippen MR) is 124 cm³/mol. The molecule has 2 aliphatic rings. The number of rotatable bonds is 9. The number of nitrogens with one attached hydrogen (secondary N) is 2. The van der Waals surface area contributed by atoms with Crippen LogP contribution in [-0.4, -0.2) is 86.3 Å². The van der Waals surface area contributed by atoms with Crippen molar-refractivity contribution in [2.45, 2.75) is 26.8 Å². The van der Waals surface area contributed by atoms with Crippen LogP contribution in [0, 0.1) is 0 Å². The zero-order valence-electron chi connectivity index (χ0n) is 19.4. The topological polar surface area (TPSA) is 111 Å². The third kappa shape index (κ3) is 5.72. The maximum absolute atomic E-state index is 12.9. The first-order valence-electron chi connectivity index (χ1n) is 11.3. The van der Waals surface area contributed by atoms with Gasteiger partial charge in [-0.2, -0.15) is 17.0 Å². The molecule has 2 N–H and O–H groups in total. The van der Waals surface area contributed by atoms with Gasteiger partial charge in [-0.1, -0.05) is 44.2 Å². The Kier molecular flexibility index (Phi) is 8.46. The molecule has 1 aromatic rings. The fourth-order valence-corrected chi connectivity index (χ4v) is 5.75. The Morgan fingerprint density at radius 1 is 1.09 bits per heavy atom. The van der Waals surface area contributed by atoms with Gasteiger partial charge in [0.1, 0.15) is 0 Å². The summed E-state index contributed by atoms with van der Waals surface area (Å²) in [5.74, 6) is -0.489. The summed E-state index contributed by atoms with van der Waals surface area (Å²) >= 11 is 0. The molecule has 0 aromatic heterocycles. The van der Waals surface area contributed by atoms with Crippen LogP contribution in [0.5, 0.6) is 0 Å². The molecule has 0 unspecified atom stereocenters. The van der Waals surface area contributed by atoms with E-state index in [1.807, 2.05) is 49.1 Å². The van der Waals surface area contributed by atoms with Crippen molar-refractivity contribution in [3.05, 3.63) is 47.2 Å². The smallest absolute Gasteiger partial charge is 0.338 e. The first-order valence-corrected chi connectivity index (χ1v) is 12.7. The number of hydrogen-bond acceptors (Lipinski definition) is 6. The number of carbonyl (C=O) groups excluding carboxylic acids is 2. The van der Waals surface area contributed by atoms with Gasteiger partial charge in [0.2, 0.25) is 0 Å². The summed E-state index contributed by atoms with van der Waals surface area (Å²) < 4.78 is 33.8. The highest BCUT2D eigenvalue weighted by atomic mass is 32.2. The lowest BCUT2D eigenvalue weighted by Gasteiger charge is -2.37. The molecule has 2 heterocycles. The van der Waals surface area contributed by atoms with Gasteiger partial charge in [0, 0.05) is 51.5 Å². The highest BCUT2D eigenvalue weighted by Gasteiger charge is 2.36. The number of carbonyl (C=O) groups is 2. The number of piperazine rings is 1. The third-order valence-corrected chi connectivity index (χ3v) is 8.04. The van der Waals surface area contributed by atoms with E-state index in [0.29, 0.717) is 57.1 Å². The lowest BCUT2D eigenvalue weighted by atomic mass is 9.95. The minimum atomic E-state index is -3.49. The Hall–Kier alpha value is -2.47. The van der Waals surface area contributed by atoms with Crippen LogP contribution in [0.15, 0.2) is 41.6 Å². The quantitative estimate of drug-likeness (QED) is 0.513. The second kappa shape index (κ2) is 11.1. The summed E-state index contributed by atoms with van der Waals surface area (Å²) in [4.78, 5) is 27.3. The molecule has 182 valence electrons. The number of amides is 2. The standard InChI is InChI=1S/C22H33N5O5S/c1-4-26(5-2)33(30,31)27-14-12-25(13-15-27)16-18-19(21(28)32-6-3)20(24-22(29)23-18)17-10-8-7-9-11-17/h7-11,20H,4-6,12-16H2,1-3H3,(H2,23,24,29)/t20-/m0/s1. The van der Waals surface area contributed by atoms with Gasteiger partial charge in [0.05, 0.1) is 18.2 Å². The number of nitrogens with zero attached hydrogens (tertiary/aromatic N) is 3. The monoisotopic (exact) mass is 479 g/mol. The molecule has 11 heteroatoms. The van der Waals surface area contributed by atoms with Gasteiger partial charge in [0.15, 0.2) is 0 Å². The molecule has 0 bridgehead atoms. The van der Waals surface area contributed by atoms with Crippen molar-refractivity contribution in [1.29, 1.82) is 0 Å². The second-order valence-electron chi connectivity index (χ2n) is 7.82. The summed E-state index contributed by atoms with van der Waals surface area (Å²) in [5.41, 5.74) is 1.62. The minimum absolute atomic E-state index is 0.215. The van der Waals surface area contributed by atoms with Crippen LogP contribution >= 0.6 is 0 Å². The van der Waals surface area contributed by atoms with Crippen molar-refractivity contribution >= 4 is 22.2 Å². The maximum atomic E-state index is 12.9. The van der Waals surface area contributed by atoms with Crippen LogP contribution in [0.25, 0.3) is 0 Å². The van der Waals surface area contributed by atoms with Gasteiger partial charge >= 0.3 is 12.0 Å². The van der Waals surface area contributed by atoms with E-state index in [9.17, 15) is 18.0 Å². The van der Waals surface area contributed by atoms with Crippen LogP contribution in [-0.2, 0) is 19.7 Å². The van der Waals surface area contributed by atoms with Crippen molar-refractivity contribution in [3.63, 3.8) is 0 Å². The van der Waals surface area contributed by atoms with Crippen molar-refractivity contribution in [2.24, 2.45) is 0 Å². The molecule has 10 nitrogen and oxygen atoms in total. The molecule has 1 aromatic carbocycles. The van der Waals surface area contributed by atoms with Gasteiger partial charge in [-0.25, -0.2) is 9.59 Å². The number of esters is 1. The van der Waals surface area contributed by atoms with E-state index in [1.165, 1.54) is 8.61 Å². The number of benzene rings is 1. The average Bonchev–Trinajstić information content (AvgIpc) is 2.80. The SMILES string of the molecule is CCOC(=O)C1=C(CN2CCN(S(=O)(=O)N(CC)CC)CC2)NC(=O)N[C@H]1c1ccccc1. The van der Waals surface area contributed by atoms with Crippen LogP contribution in [0.3, 0.4) is 0 Å². The molecule has 33 heavy (non-hydrogen) atoms. The van der Waals surface area contributed by atoms with Gasteiger partial charge in [-0.05, 0) is 12.5 Å². The largest absolute Gasteiger partial charge is 0.463 e. The van der Waals surface area contributed by atoms with Crippen LogP contribution in [0.2, 0.25) is 0 Å². The molecule has 2 aliphatic heterocycles. The van der Waals surface area contributed by atoms with E-state index >= 15 is 0 Å². The van der Waals surface area contributed by atoms with E-state index in [1.54, 1.807) is 6.92 Å². The van der Waals surface area contributed by atoms with E-state index in [0.717, 1.165) is 5.56 Å². The fourth-order valence-electron chi connectivity index (χ4n) is 4.14. The molecule has 1 fully saturated rings. The Labute approximate surface area is 195 Å². The number of ether oxygens (including phenoxy) is 1. The molecule has 0 aliphatic carbocycles. The van der Waals surface area contributed by atoms with Gasteiger partial charge in [-0.3, -0.25) is 4.90 Å². The molecular formula is C22H33N5O5S. The lowest BCUT2D eigenvalue weighted by molar-refractivity contribution is -0.139.